The van der Waals surface area contributed by atoms with Crippen LogP contribution in [0.5, 0.6) is 11.5 Å². The summed E-state index contributed by atoms with van der Waals surface area (Å²) in [5, 5.41) is 19.6. The quantitative estimate of drug-likeness (QED) is 0.578. The van der Waals surface area contributed by atoms with Gasteiger partial charge < -0.3 is 10.2 Å². The van der Waals surface area contributed by atoms with E-state index in [0.717, 1.165) is 24.7 Å². The van der Waals surface area contributed by atoms with Gasteiger partial charge in [-0.05, 0) is 91.2 Å². The number of hydrogen-bond donors (Lipinski definition) is 2. The van der Waals surface area contributed by atoms with E-state index in [0.29, 0.717) is 16.9 Å². The van der Waals surface area contributed by atoms with Gasteiger partial charge in [0.25, 0.3) is 0 Å². The van der Waals surface area contributed by atoms with E-state index in [1.54, 1.807) is 0 Å². The number of hydrogen-bond acceptors (Lipinski definition) is 2. The molecule has 2 aromatic rings. The SMILES string of the molecule is CC(C)C1(C2CCC(c3ccc(O)cc3)(c3ccc(O)cc3)CC2)CCCCC1. The van der Waals surface area contributed by atoms with Crippen molar-refractivity contribution in [1.82, 2.24) is 0 Å². The van der Waals surface area contributed by atoms with Crippen molar-refractivity contribution in [2.24, 2.45) is 17.3 Å². The van der Waals surface area contributed by atoms with Gasteiger partial charge in [0.2, 0.25) is 0 Å². The Bertz CT molecular complexity index is 742. The van der Waals surface area contributed by atoms with Crippen LogP contribution in [0, 0.1) is 17.3 Å². The highest BCUT2D eigenvalue weighted by Crippen LogP contribution is 2.57. The van der Waals surface area contributed by atoms with Gasteiger partial charge in [0.15, 0.2) is 0 Å². The third-order valence-electron chi connectivity index (χ3n) is 8.43. The molecule has 2 N–H and O–H groups in total. The van der Waals surface area contributed by atoms with Crippen LogP contribution in [0.3, 0.4) is 0 Å². The molecule has 0 heterocycles. The summed E-state index contributed by atoms with van der Waals surface area (Å²) in [7, 11) is 0. The Labute approximate surface area is 176 Å². The van der Waals surface area contributed by atoms with Crippen molar-refractivity contribution >= 4 is 0 Å². The summed E-state index contributed by atoms with van der Waals surface area (Å²) in [5.74, 6) is 2.21. The minimum Gasteiger partial charge on any atom is -0.508 e. The van der Waals surface area contributed by atoms with Crippen molar-refractivity contribution in [2.45, 2.75) is 77.0 Å². The van der Waals surface area contributed by atoms with Crippen LogP contribution in [-0.4, -0.2) is 10.2 Å². The van der Waals surface area contributed by atoms with Gasteiger partial charge in [-0.1, -0.05) is 57.4 Å². The lowest BCUT2D eigenvalue weighted by Crippen LogP contribution is -2.43. The molecule has 2 aliphatic carbocycles. The molecule has 2 saturated carbocycles. The number of aromatic hydroxyl groups is 2. The van der Waals surface area contributed by atoms with E-state index < -0.39 is 0 Å². The first-order chi connectivity index (χ1) is 14.0. The summed E-state index contributed by atoms with van der Waals surface area (Å²) in [5.41, 5.74) is 3.09. The maximum atomic E-state index is 9.82. The fourth-order valence-corrected chi connectivity index (χ4v) is 6.66. The van der Waals surface area contributed by atoms with E-state index in [1.165, 1.54) is 56.1 Å². The van der Waals surface area contributed by atoms with Crippen LogP contribution >= 0.6 is 0 Å². The van der Waals surface area contributed by atoms with E-state index in [9.17, 15) is 10.2 Å². The fraction of sp³-hybridized carbons (Fsp3) is 0.556. The third kappa shape index (κ3) is 3.67. The van der Waals surface area contributed by atoms with E-state index in [1.807, 2.05) is 24.3 Å². The van der Waals surface area contributed by atoms with E-state index in [-0.39, 0.29) is 5.41 Å². The average Bonchev–Trinajstić information content (AvgIpc) is 2.75. The van der Waals surface area contributed by atoms with Crippen molar-refractivity contribution < 1.29 is 10.2 Å². The molecule has 0 aliphatic heterocycles. The van der Waals surface area contributed by atoms with Gasteiger partial charge in [-0.25, -0.2) is 0 Å². The van der Waals surface area contributed by atoms with Gasteiger partial charge in [0, 0.05) is 5.41 Å². The molecule has 0 atom stereocenters. The standard InChI is InChI=1S/C27H36O2/c1-20(2)26(16-4-3-5-17-26)23-14-18-27(19-15-23,21-6-10-24(28)11-7-21)22-8-12-25(29)13-9-22/h6-13,20,23,28-29H,3-5,14-19H2,1-2H3. The van der Waals surface area contributed by atoms with Crippen molar-refractivity contribution in [3.8, 4) is 11.5 Å². The van der Waals surface area contributed by atoms with Crippen molar-refractivity contribution in [1.29, 1.82) is 0 Å². The summed E-state index contributed by atoms with van der Waals surface area (Å²) in [6.45, 7) is 4.90. The van der Waals surface area contributed by atoms with Gasteiger partial charge in [-0.3, -0.25) is 0 Å². The highest BCUT2D eigenvalue weighted by Gasteiger charge is 2.47. The lowest BCUT2D eigenvalue weighted by Gasteiger charge is -2.52. The molecule has 0 spiro atoms. The molecule has 2 heteroatoms. The second-order valence-electron chi connectivity index (χ2n) is 9.90. The first kappa shape index (κ1) is 20.3. The highest BCUT2D eigenvalue weighted by molar-refractivity contribution is 5.43. The molecule has 0 amide bonds. The van der Waals surface area contributed by atoms with Crippen molar-refractivity contribution in [3.63, 3.8) is 0 Å². The number of benzene rings is 2. The summed E-state index contributed by atoms with van der Waals surface area (Å²) in [6, 6.07) is 15.7. The van der Waals surface area contributed by atoms with Crippen LogP contribution in [0.1, 0.15) is 82.8 Å². The highest BCUT2D eigenvalue weighted by atomic mass is 16.3. The van der Waals surface area contributed by atoms with Crippen LogP contribution in [0.2, 0.25) is 0 Å². The Morgan fingerprint density at radius 1 is 0.690 bits per heavy atom. The van der Waals surface area contributed by atoms with Crippen LogP contribution in [0.4, 0.5) is 0 Å². The Morgan fingerprint density at radius 2 is 1.14 bits per heavy atom. The predicted molar refractivity (Wildman–Crippen MR) is 119 cm³/mol. The largest absolute Gasteiger partial charge is 0.508 e. The maximum Gasteiger partial charge on any atom is 0.115 e. The molecule has 2 aliphatic rings. The molecule has 0 unspecified atom stereocenters. The number of phenolic OH excluding ortho intramolecular Hbond substituents is 2. The van der Waals surface area contributed by atoms with Crippen LogP contribution < -0.4 is 0 Å². The summed E-state index contributed by atoms with van der Waals surface area (Å²) in [4.78, 5) is 0. The summed E-state index contributed by atoms with van der Waals surface area (Å²) >= 11 is 0. The molecule has 0 aromatic heterocycles. The maximum absolute atomic E-state index is 9.82. The molecule has 2 aromatic carbocycles. The number of rotatable bonds is 4. The minimum atomic E-state index is -0.0231. The average molecular weight is 393 g/mol. The van der Waals surface area contributed by atoms with Crippen LogP contribution in [0.25, 0.3) is 0 Å². The monoisotopic (exact) mass is 392 g/mol. The van der Waals surface area contributed by atoms with Crippen molar-refractivity contribution in [3.05, 3.63) is 59.7 Å². The number of phenols is 2. The fourth-order valence-electron chi connectivity index (χ4n) is 6.66. The summed E-state index contributed by atoms with van der Waals surface area (Å²) < 4.78 is 0. The van der Waals surface area contributed by atoms with Gasteiger partial charge in [-0.15, -0.1) is 0 Å². The zero-order valence-electron chi connectivity index (χ0n) is 18.0. The van der Waals surface area contributed by atoms with Gasteiger partial charge in [0.05, 0.1) is 0 Å². The smallest absolute Gasteiger partial charge is 0.115 e. The molecule has 0 saturated heterocycles. The predicted octanol–water partition coefficient (Wildman–Crippen LogP) is 7.18. The molecular formula is C27H36O2. The van der Waals surface area contributed by atoms with Crippen molar-refractivity contribution in [2.75, 3.05) is 0 Å². The molecule has 29 heavy (non-hydrogen) atoms. The minimum absolute atomic E-state index is 0.0231. The molecular weight excluding hydrogens is 356 g/mol. The topological polar surface area (TPSA) is 40.5 Å². The lowest BCUT2D eigenvalue weighted by atomic mass is 9.53. The van der Waals surface area contributed by atoms with E-state index in [2.05, 4.69) is 38.1 Å². The van der Waals surface area contributed by atoms with Crippen LogP contribution in [-0.2, 0) is 5.41 Å². The van der Waals surface area contributed by atoms with E-state index >= 15 is 0 Å². The van der Waals surface area contributed by atoms with Gasteiger partial charge >= 0.3 is 0 Å². The van der Waals surface area contributed by atoms with Gasteiger partial charge in [-0.2, -0.15) is 0 Å². The zero-order valence-corrected chi connectivity index (χ0v) is 18.0. The van der Waals surface area contributed by atoms with Gasteiger partial charge in [0.1, 0.15) is 11.5 Å². The molecule has 2 fully saturated rings. The third-order valence-corrected chi connectivity index (χ3v) is 8.43. The van der Waals surface area contributed by atoms with Crippen LogP contribution in [0.15, 0.2) is 48.5 Å². The lowest BCUT2D eigenvalue weighted by molar-refractivity contribution is 0.00945. The Balaban J connectivity index is 1.66. The summed E-state index contributed by atoms with van der Waals surface area (Å²) in [6.07, 6.45) is 11.8. The Hall–Kier alpha value is -1.96. The Kier molecular flexibility index (Phi) is 5.64. The first-order valence-electron chi connectivity index (χ1n) is 11.6. The normalized spacial score (nSPS) is 21.9. The second kappa shape index (κ2) is 8.05. The van der Waals surface area contributed by atoms with E-state index in [4.69, 9.17) is 0 Å². The first-order valence-corrected chi connectivity index (χ1v) is 11.6. The molecule has 0 bridgehead atoms. The Morgan fingerprint density at radius 3 is 1.55 bits per heavy atom. The zero-order chi connectivity index (χ0) is 20.5. The molecule has 4 rings (SSSR count). The molecule has 0 radical (unpaired) electrons. The molecule has 2 nitrogen and oxygen atoms in total. The second-order valence-corrected chi connectivity index (χ2v) is 9.90. The molecule has 156 valence electrons.